The molecule has 3 nitrogen and oxygen atoms in total. The molecule has 0 unspecified atom stereocenters. The van der Waals surface area contributed by atoms with Crippen molar-refractivity contribution < 1.29 is 4.42 Å². The number of furan rings is 1. The molecule has 2 aromatic carbocycles. The molecular weight excluding hydrogens is 340 g/mol. The van der Waals surface area contributed by atoms with Crippen LogP contribution in [0.3, 0.4) is 0 Å². The number of hydrogen-bond donors (Lipinski definition) is 0. The molecule has 0 fully saturated rings. The van der Waals surface area contributed by atoms with Crippen molar-refractivity contribution >= 4 is 17.0 Å². The first-order valence-electron chi connectivity index (χ1n) is 8.76. The van der Waals surface area contributed by atoms with Gasteiger partial charge in [-0.15, -0.1) is 11.3 Å². The average Bonchev–Trinajstić information content (AvgIpc) is 3.34. The van der Waals surface area contributed by atoms with Crippen LogP contribution in [0.25, 0.3) is 11.5 Å². The van der Waals surface area contributed by atoms with Crippen molar-refractivity contribution in [3.8, 4) is 11.5 Å². The zero-order chi connectivity index (χ0) is 17.6. The third-order valence-electron chi connectivity index (χ3n) is 4.24. The van der Waals surface area contributed by atoms with E-state index in [1.54, 1.807) is 17.6 Å². The molecule has 4 heteroatoms. The number of benzene rings is 2. The van der Waals surface area contributed by atoms with Crippen molar-refractivity contribution in [3.05, 3.63) is 94.8 Å². The first-order chi connectivity index (χ1) is 12.9. The minimum Gasteiger partial charge on any atom is -0.463 e. The highest BCUT2D eigenvalue weighted by Crippen LogP contribution is 2.22. The summed E-state index contributed by atoms with van der Waals surface area (Å²) in [5.41, 5.74) is 3.42. The highest BCUT2D eigenvalue weighted by molar-refractivity contribution is 7.07. The van der Waals surface area contributed by atoms with Crippen LogP contribution in [-0.4, -0.2) is 4.57 Å². The second-order valence-corrected chi connectivity index (χ2v) is 6.91. The Balaban J connectivity index is 1.64. The lowest BCUT2D eigenvalue weighted by Gasteiger charge is -2.08. The number of aryl methyl sites for hydroxylation is 1. The number of aromatic nitrogens is 1. The smallest absolute Gasteiger partial charge is 0.190 e. The van der Waals surface area contributed by atoms with Gasteiger partial charge < -0.3 is 8.98 Å². The summed E-state index contributed by atoms with van der Waals surface area (Å²) in [6, 6.07) is 24.6. The molecule has 2 heterocycles. The zero-order valence-corrected chi connectivity index (χ0v) is 15.2. The number of para-hydroxylation sites is 1. The molecule has 0 aliphatic rings. The highest BCUT2D eigenvalue weighted by atomic mass is 32.1. The van der Waals surface area contributed by atoms with E-state index in [1.165, 1.54) is 5.56 Å². The Morgan fingerprint density at radius 3 is 2.38 bits per heavy atom. The molecule has 0 bridgehead atoms. The fraction of sp³-hybridized carbons (Fsp3) is 0.136. The lowest BCUT2D eigenvalue weighted by Crippen LogP contribution is -2.16. The first-order valence-corrected chi connectivity index (χ1v) is 9.64. The van der Waals surface area contributed by atoms with E-state index in [9.17, 15) is 0 Å². The molecule has 0 atom stereocenters. The second-order valence-electron chi connectivity index (χ2n) is 6.07. The Morgan fingerprint density at radius 2 is 1.65 bits per heavy atom. The van der Waals surface area contributed by atoms with Crippen molar-refractivity contribution in [3.63, 3.8) is 0 Å². The van der Waals surface area contributed by atoms with Crippen molar-refractivity contribution in [2.24, 2.45) is 4.99 Å². The predicted molar refractivity (Wildman–Crippen MR) is 106 cm³/mol. The first kappa shape index (κ1) is 16.6. The molecule has 0 aliphatic carbocycles. The molecule has 0 aliphatic heterocycles. The van der Waals surface area contributed by atoms with Crippen molar-refractivity contribution in [1.82, 2.24) is 4.57 Å². The quantitative estimate of drug-likeness (QED) is 0.435. The summed E-state index contributed by atoms with van der Waals surface area (Å²) >= 11 is 1.65. The van der Waals surface area contributed by atoms with E-state index in [4.69, 9.17) is 9.41 Å². The molecule has 0 N–H and O–H groups in total. The molecule has 0 spiro atoms. The van der Waals surface area contributed by atoms with E-state index in [0.717, 1.165) is 41.3 Å². The zero-order valence-electron chi connectivity index (χ0n) is 14.4. The van der Waals surface area contributed by atoms with Gasteiger partial charge in [0.25, 0.3) is 0 Å². The molecular formula is C22H20N2OS. The van der Waals surface area contributed by atoms with Gasteiger partial charge in [0.15, 0.2) is 10.6 Å². The van der Waals surface area contributed by atoms with E-state index < -0.39 is 0 Å². The minimum atomic E-state index is 0.885. The van der Waals surface area contributed by atoms with Crippen molar-refractivity contribution in [2.75, 3.05) is 0 Å². The maximum atomic E-state index is 5.63. The Kier molecular flexibility index (Phi) is 5.12. The SMILES string of the molecule is c1ccc(CCCn2c(-c3ccco3)csc2=Nc2ccccc2)cc1. The van der Waals surface area contributed by atoms with Crippen LogP contribution in [0.15, 0.2) is 93.8 Å². The lowest BCUT2D eigenvalue weighted by molar-refractivity contribution is 0.563. The number of rotatable bonds is 6. The minimum absolute atomic E-state index is 0.885. The number of thiazole rings is 1. The summed E-state index contributed by atoms with van der Waals surface area (Å²) < 4.78 is 7.90. The number of nitrogens with zero attached hydrogens (tertiary/aromatic N) is 2. The summed E-state index contributed by atoms with van der Waals surface area (Å²) in [4.78, 5) is 5.83. The molecule has 0 saturated carbocycles. The number of hydrogen-bond acceptors (Lipinski definition) is 3. The maximum absolute atomic E-state index is 5.63. The van der Waals surface area contributed by atoms with Gasteiger partial charge in [-0.05, 0) is 42.7 Å². The fourth-order valence-electron chi connectivity index (χ4n) is 2.96. The molecule has 0 radical (unpaired) electrons. The van der Waals surface area contributed by atoms with Gasteiger partial charge in [0, 0.05) is 11.9 Å². The summed E-state index contributed by atoms with van der Waals surface area (Å²) in [5.74, 6) is 0.885. The molecule has 4 rings (SSSR count). The maximum Gasteiger partial charge on any atom is 0.190 e. The molecule has 130 valence electrons. The summed E-state index contributed by atoms with van der Waals surface area (Å²) in [6.07, 6.45) is 3.82. The van der Waals surface area contributed by atoms with Gasteiger partial charge in [-0.25, -0.2) is 4.99 Å². The standard InChI is InChI=1S/C22H20N2OS/c1-3-9-18(10-4-1)11-7-15-24-20(21-14-8-16-25-21)17-26-22(24)23-19-12-5-2-6-13-19/h1-6,8-10,12-14,16-17H,7,11,15H2. The van der Waals surface area contributed by atoms with Crippen LogP contribution in [-0.2, 0) is 13.0 Å². The Bertz CT molecular complexity index is 999. The van der Waals surface area contributed by atoms with Gasteiger partial charge in [-0.3, -0.25) is 0 Å². The average molecular weight is 360 g/mol. The summed E-state index contributed by atoms with van der Waals surface area (Å²) in [6.45, 7) is 0.903. The fourth-order valence-corrected chi connectivity index (χ4v) is 3.89. The predicted octanol–water partition coefficient (Wildman–Crippen LogP) is 5.67. The molecule has 0 amide bonds. The molecule has 4 aromatic rings. The van der Waals surface area contributed by atoms with Crippen molar-refractivity contribution in [1.29, 1.82) is 0 Å². The molecule has 26 heavy (non-hydrogen) atoms. The summed E-state index contributed by atoms with van der Waals surface area (Å²) in [7, 11) is 0. The second kappa shape index (κ2) is 8.02. The van der Waals surface area contributed by atoms with Crippen molar-refractivity contribution in [2.45, 2.75) is 19.4 Å². The van der Waals surface area contributed by atoms with Crippen LogP contribution in [0.2, 0.25) is 0 Å². The van der Waals surface area contributed by atoms with Crippen LogP contribution < -0.4 is 4.80 Å². The Morgan fingerprint density at radius 1 is 0.885 bits per heavy atom. The van der Waals surface area contributed by atoms with E-state index in [2.05, 4.69) is 40.3 Å². The van der Waals surface area contributed by atoms with Crippen LogP contribution in [0.5, 0.6) is 0 Å². The van der Waals surface area contributed by atoms with E-state index in [1.807, 2.05) is 42.5 Å². The largest absolute Gasteiger partial charge is 0.463 e. The molecule has 2 aromatic heterocycles. The normalized spacial score (nSPS) is 11.8. The van der Waals surface area contributed by atoms with Gasteiger partial charge in [0.2, 0.25) is 0 Å². The van der Waals surface area contributed by atoms with Crippen LogP contribution >= 0.6 is 11.3 Å². The van der Waals surface area contributed by atoms with Gasteiger partial charge in [0.1, 0.15) is 0 Å². The monoisotopic (exact) mass is 360 g/mol. The van der Waals surface area contributed by atoms with E-state index in [-0.39, 0.29) is 0 Å². The van der Waals surface area contributed by atoms with Gasteiger partial charge in [-0.2, -0.15) is 0 Å². The third kappa shape index (κ3) is 3.86. The van der Waals surface area contributed by atoms with E-state index in [0.29, 0.717) is 0 Å². The van der Waals surface area contributed by atoms with Crippen LogP contribution in [0, 0.1) is 0 Å². The summed E-state index contributed by atoms with van der Waals surface area (Å²) in [5, 5.41) is 2.13. The topological polar surface area (TPSA) is 30.4 Å². The Labute approximate surface area is 156 Å². The molecule has 0 saturated heterocycles. The Hall–Kier alpha value is -2.85. The van der Waals surface area contributed by atoms with Gasteiger partial charge in [0.05, 0.1) is 17.6 Å². The van der Waals surface area contributed by atoms with Gasteiger partial charge in [-0.1, -0.05) is 48.5 Å². The lowest BCUT2D eigenvalue weighted by atomic mass is 10.1. The van der Waals surface area contributed by atoms with Gasteiger partial charge >= 0.3 is 0 Å². The van der Waals surface area contributed by atoms with Crippen LogP contribution in [0.4, 0.5) is 5.69 Å². The van der Waals surface area contributed by atoms with E-state index >= 15 is 0 Å². The van der Waals surface area contributed by atoms with Crippen LogP contribution in [0.1, 0.15) is 12.0 Å². The third-order valence-corrected chi connectivity index (χ3v) is 5.11. The highest BCUT2D eigenvalue weighted by Gasteiger charge is 2.10.